The molecule has 17 heavy (non-hydrogen) atoms. The second-order valence-corrected chi connectivity index (χ2v) is 4.15. The first-order valence-electron chi connectivity index (χ1n) is 4.45. The molecule has 0 aliphatic heterocycles. The van der Waals surface area contributed by atoms with Gasteiger partial charge in [0.05, 0.1) is 18.0 Å². The van der Waals surface area contributed by atoms with E-state index in [0.717, 1.165) is 0 Å². The van der Waals surface area contributed by atoms with E-state index in [1.807, 2.05) is 0 Å². The molecule has 0 spiro atoms. The van der Waals surface area contributed by atoms with E-state index >= 15 is 0 Å². The van der Waals surface area contributed by atoms with Gasteiger partial charge in [-0.15, -0.1) is 0 Å². The zero-order chi connectivity index (χ0) is 11.7. The number of methoxy groups -OCH3 is 1. The Bertz CT molecular complexity index is 620. The second-order valence-electron chi connectivity index (χ2n) is 3.14. The summed E-state index contributed by atoms with van der Waals surface area (Å²) in [6, 6.07) is 6.32. The van der Waals surface area contributed by atoms with Crippen molar-refractivity contribution in [1.29, 1.82) is 0 Å². The van der Waals surface area contributed by atoms with Gasteiger partial charge >= 0.3 is 29.6 Å². The van der Waals surface area contributed by atoms with Crippen molar-refractivity contribution in [3.8, 4) is 5.75 Å². The molecular weight excluding hydrogens is 251 g/mol. The molecule has 2 aromatic rings. The number of rotatable bonds is 2. The van der Waals surface area contributed by atoms with Crippen molar-refractivity contribution >= 4 is 28.1 Å². The molecule has 0 aliphatic carbocycles. The van der Waals surface area contributed by atoms with E-state index < -0.39 is 5.97 Å². The minimum Gasteiger partial charge on any atom is -0.544 e. The fraction of sp³-hybridized carbons (Fsp3) is 0.0909. The van der Waals surface area contributed by atoms with Gasteiger partial charge in [-0.2, -0.15) is 0 Å². The van der Waals surface area contributed by atoms with Gasteiger partial charge in [-0.1, -0.05) is 11.3 Å². The maximum absolute atomic E-state index is 11.6. The van der Waals surface area contributed by atoms with E-state index in [-0.39, 0.29) is 39.2 Å². The SMILES string of the molecule is COc1ccc2c(=O)sc(C(=O)[O-])cc2c1.[Na+]. The summed E-state index contributed by atoms with van der Waals surface area (Å²) in [5.41, 5.74) is 0. The molecule has 4 nitrogen and oxygen atoms in total. The third-order valence-electron chi connectivity index (χ3n) is 2.17. The quantitative estimate of drug-likeness (QED) is 0.565. The van der Waals surface area contributed by atoms with Crippen LogP contribution in [0.15, 0.2) is 29.1 Å². The molecular formula is C11H7NaO4S. The molecule has 1 heterocycles. The standard InChI is InChI=1S/C11H8O4S.Na/c1-15-7-2-3-8-6(4-7)5-9(10(12)13)16-11(8)14;/h2-5H,1H3,(H,12,13);/q;+1/p-1. The summed E-state index contributed by atoms with van der Waals surface area (Å²) in [6.07, 6.45) is 0. The Kier molecular flexibility index (Phi) is 4.70. The number of ether oxygens (including phenoxy) is 1. The molecule has 82 valence electrons. The minimum absolute atomic E-state index is 0. The summed E-state index contributed by atoms with van der Waals surface area (Å²) in [5.74, 6) is -0.765. The van der Waals surface area contributed by atoms with Crippen LogP contribution in [0.5, 0.6) is 5.75 Å². The first kappa shape index (κ1) is 14.2. The molecule has 0 unspecified atom stereocenters. The van der Waals surface area contributed by atoms with Crippen LogP contribution < -0.4 is 44.1 Å². The molecule has 0 saturated carbocycles. The molecule has 2 rings (SSSR count). The maximum Gasteiger partial charge on any atom is 1.00 e. The van der Waals surface area contributed by atoms with E-state index in [1.165, 1.54) is 13.2 Å². The van der Waals surface area contributed by atoms with E-state index in [9.17, 15) is 14.7 Å². The maximum atomic E-state index is 11.6. The van der Waals surface area contributed by atoms with Gasteiger partial charge in [0, 0.05) is 5.39 Å². The van der Waals surface area contributed by atoms with Gasteiger partial charge < -0.3 is 14.6 Å². The molecule has 1 aromatic carbocycles. The van der Waals surface area contributed by atoms with E-state index in [0.29, 0.717) is 27.9 Å². The Labute approximate surface area is 123 Å². The number of hydrogen-bond acceptors (Lipinski definition) is 5. The summed E-state index contributed by atoms with van der Waals surface area (Å²) >= 11 is 0.670. The van der Waals surface area contributed by atoms with Crippen molar-refractivity contribution in [2.24, 2.45) is 0 Å². The third kappa shape index (κ3) is 2.87. The summed E-state index contributed by atoms with van der Waals surface area (Å²) in [6.45, 7) is 0. The van der Waals surface area contributed by atoms with Crippen LogP contribution in [0.25, 0.3) is 10.8 Å². The summed E-state index contributed by atoms with van der Waals surface area (Å²) in [5, 5.41) is 11.7. The van der Waals surface area contributed by atoms with Crippen molar-refractivity contribution < 1.29 is 44.2 Å². The molecule has 0 bridgehead atoms. The number of carbonyl (C=O) groups is 1. The van der Waals surface area contributed by atoms with Crippen LogP contribution >= 0.6 is 11.3 Å². The topological polar surface area (TPSA) is 66.4 Å². The van der Waals surface area contributed by atoms with Crippen molar-refractivity contribution in [2.75, 3.05) is 7.11 Å². The predicted octanol–water partition coefficient (Wildman–Crippen LogP) is -2.36. The molecule has 0 N–H and O–H groups in total. The summed E-state index contributed by atoms with van der Waals surface area (Å²) < 4.78 is 4.71. The van der Waals surface area contributed by atoms with Crippen LogP contribution in [-0.4, -0.2) is 13.1 Å². The van der Waals surface area contributed by atoms with Gasteiger partial charge in [0.1, 0.15) is 5.75 Å². The number of aromatic carboxylic acids is 1. The molecule has 6 heteroatoms. The fourth-order valence-corrected chi connectivity index (χ4v) is 2.16. The number of fused-ring (bicyclic) bond motifs is 1. The number of carboxylic acid groups (broad SMARTS) is 1. The molecule has 0 aliphatic rings. The van der Waals surface area contributed by atoms with Crippen LogP contribution in [0.3, 0.4) is 0 Å². The van der Waals surface area contributed by atoms with Crippen LogP contribution in [0.4, 0.5) is 0 Å². The molecule has 1 aromatic heterocycles. The summed E-state index contributed by atoms with van der Waals surface area (Å²) in [4.78, 5) is 22.2. The van der Waals surface area contributed by atoms with Crippen LogP contribution in [0, 0.1) is 0 Å². The Morgan fingerprint density at radius 3 is 2.65 bits per heavy atom. The minimum atomic E-state index is -1.34. The Morgan fingerprint density at radius 1 is 1.35 bits per heavy atom. The number of carbonyl (C=O) groups excluding carboxylic acids is 1. The van der Waals surface area contributed by atoms with Gasteiger partial charge in [0.25, 0.3) is 0 Å². The third-order valence-corrected chi connectivity index (χ3v) is 3.08. The van der Waals surface area contributed by atoms with Gasteiger partial charge in [-0.25, -0.2) is 0 Å². The van der Waals surface area contributed by atoms with Crippen molar-refractivity contribution in [2.45, 2.75) is 0 Å². The smallest absolute Gasteiger partial charge is 0.544 e. The van der Waals surface area contributed by atoms with E-state index in [4.69, 9.17) is 4.74 Å². The van der Waals surface area contributed by atoms with E-state index in [1.54, 1.807) is 18.2 Å². The Morgan fingerprint density at radius 2 is 2.06 bits per heavy atom. The van der Waals surface area contributed by atoms with Crippen LogP contribution in [-0.2, 0) is 0 Å². The van der Waals surface area contributed by atoms with Crippen molar-refractivity contribution in [1.82, 2.24) is 0 Å². The largest absolute Gasteiger partial charge is 1.00 e. The van der Waals surface area contributed by atoms with Gasteiger partial charge in [-0.3, -0.25) is 4.79 Å². The van der Waals surface area contributed by atoms with Crippen molar-refractivity contribution in [3.63, 3.8) is 0 Å². The van der Waals surface area contributed by atoms with Crippen molar-refractivity contribution in [3.05, 3.63) is 38.7 Å². The zero-order valence-corrected chi connectivity index (χ0v) is 12.2. The average molecular weight is 258 g/mol. The van der Waals surface area contributed by atoms with Gasteiger partial charge in [0.2, 0.25) is 4.74 Å². The molecule has 0 amide bonds. The zero-order valence-electron chi connectivity index (χ0n) is 9.35. The first-order chi connectivity index (χ1) is 7.61. The Hall–Kier alpha value is -0.880. The molecule has 0 radical (unpaired) electrons. The second kappa shape index (κ2) is 5.64. The number of carboxylic acids is 1. The van der Waals surface area contributed by atoms with E-state index in [2.05, 4.69) is 0 Å². The number of hydrogen-bond donors (Lipinski definition) is 0. The monoisotopic (exact) mass is 258 g/mol. The van der Waals surface area contributed by atoms with Crippen LogP contribution in [0.1, 0.15) is 9.67 Å². The first-order valence-corrected chi connectivity index (χ1v) is 5.26. The van der Waals surface area contributed by atoms with Gasteiger partial charge in [-0.05, 0) is 29.7 Å². The Balaban J connectivity index is 0.00000144. The van der Waals surface area contributed by atoms with Crippen LogP contribution in [0.2, 0.25) is 0 Å². The fourth-order valence-electron chi connectivity index (χ4n) is 1.40. The molecule has 0 atom stereocenters. The molecule has 0 fully saturated rings. The summed E-state index contributed by atoms with van der Waals surface area (Å²) in [7, 11) is 1.50. The normalized spacial score (nSPS) is 9.71. The van der Waals surface area contributed by atoms with Gasteiger partial charge in [0.15, 0.2) is 0 Å². The number of benzene rings is 1. The average Bonchev–Trinajstić information content (AvgIpc) is 2.28. The predicted molar refractivity (Wildman–Crippen MR) is 59.0 cm³/mol. The molecule has 0 saturated heterocycles.